The molecular weight excluding hydrogens is 374 g/mol. The first kappa shape index (κ1) is 21.4. The number of carbonyl (C=O) groups excluding carboxylic acids is 2. The summed E-state index contributed by atoms with van der Waals surface area (Å²) in [4.78, 5) is 25.4. The van der Waals surface area contributed by atoms with Gasteiger partial charge < -0.3 is 18.9 Å². The summed E-state index contributed by atoms with van der Waals surface area (Å²) in [6.07, 6.45) is 5.08. The van der Waals surface area contributed by atoms with Gasteiger partial charge in [-0.15, -0.1) is 0 Å². The van der Waals surface area contributed by atoms with E-state index in [0.29, 0.717) is 25.3 Å². The highest BCUT2D eigenvalue weighted by Crippen LogP contribution is 2.43. The summed E-state index contributed by atoms with van der Waals surface area (Å²) in [7, 11) is 1.64. The number of esters is 2. The molecule has 7 heteroatoms. The normalized spacial score (nSPS) is 21.7. The standard InChI is InChI=1S/C22H31NO6/c1-5-23-14-18(13-22(23,28-15(2)24)29-16(3)25)17-10-11-20(26-4)21(12-17)27-19-8-6-7-9-19/h10-12,18-19H,5-9,13-14H2,1-4H3/t18-/m1/s1. The van der Waals surface area contributed by atoms with Gasteiger partial charge in [0.1, 0.15) is 0 Å². The first-order valence-electron chi connectivity index (χ1n) is 10.4. The molecule has 0 aromatic heterocycles. The first-order chi connectivity index (χ1) is 13.9. The molecule has 0 N–H and O–H groups in total. The minimum Gasteiger partial charge on any atom is -0.493 e. The highest BCUT2D eigenvalue weighted by Gasteiger charge is 2.51. The molecule has 7 nitrogen and oxygen atoms in total. The molecule has 160 valence electrons. The maximum atomic E-state index is 11.7. The molecular formula is C22H31NO6. The Morgan fingerprint density at radius 3 is 2.31 bits per heavy atom. The predicted octanol–water partition coefficient (Wildman–Crippen LogP) is 3.61. The lowest BCUT2D eigenvalue weighted by Gasteiger charge is -2.35. The number of rotatable bonds is 7. The summed E-state index contributed by atoms with van der Waals surface area (Å²) in [5.41, 5.74) is 1.04. The summed E-state index contributed by atoms with van der Waals surface area (Å²) in [6.45, 7) is 5.79. The fraction of sp³-hybridized carbons (Fsp3) is 0.636. The average Bonchev–Trinajstić information content (AvgIpc) is 3.28. The van der Waals surface area contributed by atoms with Crippen LogP contribution in [0.15, 0.2) is 18.2 Å². The van der Waals surface area contributed by atoms with Crippen LogP contribution in [0, 0.1) is 0 Å². The summed E-state index contributed by atoms with van der Waals surface area (Å²) < 4.78 is 22.8. The fourth-order valence-corrected chi connectivity index (χ4v) is 4.41. The van der Waals surface area contributed by atoms with Crippen molar-refractivity contribution in [2.45, 2.75) is 70.8 Å². The maximum absolute atomic E-state index is 11.7. The van der Waals surface area contributed by atoms with Gasteiger partial charge in [0.05, 0.1) is 13.2 Å². The molecule has 2 fully saturated rings. The molecule has 0 amide bonds. The van der Waals surface area contributed by atoms with Crippen LogP contribution in [-0.2, 0) is 19.1 Å². The zero-order chi connectivity index (χ0) is 21.0. The van der Waals surface area contributed by atoms with Gasteiger partial charge in [0, 0.05) is 39.3 Å². The molecule has 2 aliphatic rings. The molecule has 0 unspecified atom stereocenters. The SMILES string of the molecule is CCN1C[C@H](c2ccc(OC)c(OC3CCCC3)c2)CC1(OC(C)=O)OC(C)=O. The van der Waals surface area contributed by atoms with Gasteiger partial charge in [0.15, 0.2) is 11.5 Å². The van der Waals surface area contributed by atoms with Crippen LogP contribution in [0.25, 0.3) is 0 Å². The quantitative estimate of drug-likeness (QED) is 0.507. The summed E-state index contributed by atoms with van der Waals surface area (Å²) >= 11 is 0. The van der Waals surface area contributed by atoms with Crippen LogP contribution >= 0.6 is 0 Å². The van der Waals surface area contributed by atoms with Gasteiger partial charge in [-0.25, -0.2) is 4.90 Å². The van der Waals surface area contributed by atoms with Crippen molar-refractivity contribution in [1.82, 2.24) is 4.90 Å². The molecule has 0 spiro atoms. The summed E-state index contributed by atoms with van der Waals surface area (Å²) in [6, 6.07) is 5.91. The number of likely N-dealkylation sites (tertiary alicyclic amines) is 1. The second-order valence-corrected chi connectivity index (χ2v) is 7.77. The zero-order valence-corrected chi connectivity index (χ0v) is 17.7. The molecule has 1 aliphatic heterocycles. The molecule has 0 bridgehead atoms. The third-order valence-corrected chi connectivity index (χ3v) is 5.67. The smallest absolute Gasteiger partial charge is 0.321 e. The van der Waals surface area contributed by atoms with E-state index in [1.807, 2.05) is 30.0 Å². The Bertz CT molecular complexity index is 727. The number of nitrogens with zero attached hydrogens (tertiary/aromatic N) is 1. The lowest BCUT2D eigenvalue weighted by molar-refractivity contribution is -0.273. The van der Waals surface area contributed by atoms with E-state index >= 15 is 0 Å². The monoisotopic (exact) mass is 405 g/mol. The Labute approximate surface area is 172 Å². The van der Waals surface area contributed by atoms with Crippen LogP contribution < -0.4 is 9.47 Å². The van der Waals surface area contributed by atoms with Crippen molar-refractivity contribution < 1.29 is 28.5 Å². The number of carbonyl (C=O) groups is 2. The minimum absolute atomic E-state index is 0.0190. The number of hydrogen-bond donors (Lipinski definition) is 0. The van der Waals surface area contributed by atoms with E-state index < -0.39 is 17.8 Å². The second kappa shape index (κ2) is 9.03. The van der Waals surface area contributed by atoms with Crippen LogP contribution in [-0.4, -0.2) is 49.1 Å². The van der Waals surface area contributed by atoms with E-state index in [-0.39, 0.29) is 12.0 Å². The van der Waals surface area contributed by atoms with Crippen LogP contribution in [0.3, 0.4) is 0 Å². The van der Waals surface area contributed by atoms with Crippen LogP contribution in [0.4, 0.5) is 0 Å². The lowest BCUT2D eigenvalue weighted by atomic mass is 9.97. The average molecular weight is 405 g/mol. The molecule has 1 aromatic rings. The Morgan fingerprint density at radius 1 is 1.10 bits per heavy atom. The molecule has 1 atom stereocenters. The first-order valence-corrected chi connectivity index (χ1v) is 10.4. The molecule has 1 aliphatic carbocycles. The van der Waals surface area contributed by atoms with Gasteiger partial charge in [-0.2, -0.15) is 0 Å². The molecule has 1 saturated heterocycles. The predicted molar refractivity (Wildman–Crippen MR) is 107 cm³/mol. The molecule has 3 rings (SSSR count). The summed E-state index contributed by atoms with van der Waals surface area (Å²) in [5, 5.41) is 0. The molecule has 0 radical (unpaired) electrons. The van der Waals surface area contributed by atoms with E-state index in [1.165, 1.54) is 26.7 Å². The van der Waals surface area contributed by atoms with Crippen molar-refractivity contribution in [2.24, 2.45) is 0 Å². The number of methoxy groups -OCH3 is 1. The van der Waals surface area contributed by atoms with Gasteiger partial charge in [-0.1, -0.05) is 13.0 Å². The maximum Gasteiger partial charge on any atom is 0.321 e. The highest BCUT2D eigenvalue weighted by molar-refractivity contribution is 5.69. The van der Waals surface area contributed by atoms with E-state index in [9.17, 15) is 9.59 Å². The van der Waals surface area contributed by atoms with Crippen molar-refractivity contribution in [1.29, 1.82) is 0 Å². The van der Waals surface area contributed by atoms with Gasteiger partial charge in [0.25, 0.3) is 0 Å². The third-order valence-electron chi connectivity index (χ3n) is 5.67. The third kappa shape index (κ3) is 4.83. The van der Waals surface area contributed by atoms with E-state index in [2.05, 4.69) is 0 Å². The topological polar surface area (TPSA) is 74.3 Å². The van der Waals surface area contributed by atoms with Crippen LogP contribution in [0.5, 0.6) is 11.5 Å². The molecule has 1 saturated carbocycles. The van der Waals surface area contributed by atoms with Gasteiger partial charge >= 0.3 is 17.8 Å². The van der Waals surface area contributed by atoms with Crippen molar-refractivity contribution in [3.8, 4) is 11.5 Å². The Morgan fingerprint density at radius 2 is 1.76 bits per heavy atom. The molecule has 1 aromatic carbocycles. The second-order valence-electron chi connectivity index (χ2n) is 7.77. The molecule has 1 heterocycles. The van der Waals surface area contributed by atoms with Gasteiger partial charge in [-0.3, -0.25) is 9.59 Å². The van der Waals surface area contributed by atoms with Crippen molar-refractivity contribution >= 4 is 11.9 Å². The highest BCUT2D eigenvalue weighted by atomic mass is 16.8. The van der Waals surface area contributed by atoms with Crippen molar-refractivity contribution in [3.05, 3.63) is 23.8 Å². The van der Waals surface area contributed by atoms with E-state index in [0.717, 1.165) is 24.2 Å². The Balaban J connectivity index is 1.87. The fourth-order valence-electron chi connectivity index (χ4n) is 4.41. The molecule has 29 heavy (non-hydrogen) atoms. The Kier molecular flexibility index (Phi) is 6.67. The number of hydrogen-bond acceptors (Lipinski definition) is 7. The van der Waals surface area contributed by atoms with Crippen molar-refractivity contribution in [2.75, 3.05) is 20.2 Å². The van der Waals surface area contributed by atoms with Gasteiger partial charge in [-0.05, 0) is 43.4 Å². The number of benzene rings is 1. The van der Waals surface area contributed by atoms with Crippen molar-refractivity contribution in [3.63, 3.8) is 0 Å². The number of likely N-dealkylation sites (N-methyl/N-ethyl adjacent to an activating group) is 1. The van der Waals surface area contributed by atoms with Crippen LogP contribution in [0.2, 0.25) is 0 Å². The van der Waals surface area contributed by atoms with Crippen LogP contribution in [0.1, 0.15) is 64.4 Å². The van der Waals surface area contributed by atoms with E-state index in [4.69, 9.17) is 18.9 Å². The Hall–Kier alpha value is -2.28. The zero-order valence-electron chi connectivity index (χ0n) is 17.7. The largest absolute Gasteiger partial charge is 0.493 e. The number of ether oxygens (including phenoxy) is 4. The van der Waals surface area contributed by atoms with Gasteiger partial charge in [0.2, 0.25) is 0 Å². The minimum atomic E-state index is -1.37. The summed E-state index contributed by atoms with van der Waals surface area (Å²) in [5.74, 6) is -0.875. The van der Waals surface area contributed by atoms with E-state index in [1.54, 1.807) is 7.11 Å². The lowest BCUT2D eigenvalue weighted by Crippen LogP contribution is -2.50.